The predicted octanol–water partition coefficient (Wildman–Crippen LogP) is 1.57. The van der Waals surface area contributed by atoms with Crippen molar-refractivity contribution in [2.45, 2.75) is 18.6 Å². The van der Waals surface area contributed by atoms with Gasteiger partial charge in [0.25, 0.3) is 0 Å². The Labute approximate surface area is 52.8 Å². The van der Waals surface area contributed by atoms with E-state index in [1.165, 1.54) is 0 Å². The third-order valence-corrected chi connectivity index (χ3v) is 1.76. The van der Waals surface area contributed by atoms with E-state index in [1.54, 1.807) is 0 Å². The summed E-state index contributed by atoms with van der Waals surface area (Å²) in [6, 6.07) is 0. The molecule has 2 aliphatic rings. The standard InChI is InChI=1S/C7H7FO/c8-4-5-3-6-1-2-7(5)9-6/h1-2,4,6-7H,3H2/b5-4+. The largest absolute Gasteiger partial charge is 0.362 e. The minimum atomic E-state index is -0.0417. The third kappa shape index (κ3) is 0.630. The summed E-state index contributed by atoms with van der Waals surface area (Å²) in [6.45, 7) is 0. The van der Waals surface area contributed by atoms with Crippen LogP contribution in [0, 0.1) is 0 Å². The molecule has 1 nitrogen and oxygen atoms in total. The lowest BCUT2D eigenvalue weighted by atomic mass is 10.0. The molecule has 2 atom stereocenters. The van der Waals surface area contributed by atoms with Gasteiger partial charge in [-0.15, -0.1) is 0 Å². The van der Waals surface area contributed by atoms with Crippen LogP contribution in [-0.2, 0) is 4.74 Å². The lowest BCUT2D eigenvalue weighted by Crippen LogP contribution is -1.98. The van der Waals surface area contributed by atoms with Crippen molar-refractivity contribution < 1.29 is 9.13 Å². The van der Waals surface area contributed by atoms with E-state index >= 15 is 0 Å². The molecule has 0 aromatic rings. The second kappa shape index (κ2) is 1.67. The van der Waals surface area contributed by atoms with E-state index in [2.05, 4.69) is 0 Å². The maximum atomic E-state index is 11.9. The van der Waals surface area contributed by atoms with Crippen LogP contribution in [-0.4, -0.2) is 12.2 Å². The first kappa shape index (κ1) is 5.18. The molecule has 2 rings (SSSR count). The summed E-state index contributed by atoms with van der Waals surface area (Å²) in [4.78, 5) is 0. The average molecular weight is 126 g/mol. The van der Waals surface area contributed by atoms with Crippen LogP contribution in [0.5, 0.6) is 0 Å². The summed E-state index contributed by atoms with van der Waals surface area (Å²) in [6.07, 6.45) is 5.42. The molecule has 1 saturated heterocycles. The van der Waals surface area contributed by atoms with Crippen LogP contribution in [0.1, 0.15) is 6.42 Å². The Morgan fingerprint density at radius 1 is 1.67 bits per heavy atom. The Hall–Kier alpha value is -0.630. The summed E-state index contributed by atoms with van der Waals surface area (Å²) < 4.78 is 17.1. The normalized spacial score (nSPS) is 43.0. The van der Waals surface area contributed by atoms with Gasteiger partial charge in [0.2, 0.25) is 0 Å². The quantitative estimate of drug-likeness (QED) is 0.447. The van der Waals surface area contributed by atoms with Crippen LogP contribution >= 0.6 is 0 Å². The molecule has 0 amide bonds. The Kier molecular flexibility index (Phi) is 0.963. The van der Waals surface area contributed by atoms with Crippen molar-refractivity contribution in [3.63, 3.8) is 0 Å². The van der Waals surface area contributed by atoms with Crippen LogP contribution in [0.15, 0.2) is 24.1 Å². The van der Waals surface area contributed by atoms with Crippen molar-refractivity contribution in [3.8, 4) is 0 Å². The van der Waals surface area contributed by atoms with E-state index in [1.807, 2.05) is 12.2 Å². The van der Waals surface area contributed by atoms with Gasteiger partial charge in [-0.25, -0.2) is 4.39 Å². The average Bonchev–Trinajstić information content (AvgIpc) is 2.45. The molecule has 0 aromatic carbocycles. The van der Waals surface area contributed by atoms with Crippen LogP contribution in [0.3, 0.4) is 0 Å². The van der Waals surface area contributed by atoms with E-state index in [4.69, 9.17) is 4.74 Å². The van der Waals surface area contributed by atoms with Gasteiger partial charge < -0.3 is 4.74 Å². The molecule has 0 radical (unpaired) electrons. The monoisotopic (exact) mass is 126 g/mol. The van der Waals surface area contributed by atoms with Crippen molar-refractivity contribution in [1.82, 2.24) is 0 Å². The second-order valence-electron chi connectivity index (χ2n) is 2.37. The van der Waals surface area contributed by atoms with Gasteiger partial charge in [-0.3, -0.25) is 0 Å². The molecule has 0 saturated carbocycles. The van der Waals surface area contributed by atoms with Gasteiger partial charge in [0.1, 0.15) is 6.10 Å². The van der Waals surface area contributed by atoms with Crippen molar-refractivity contribution in [2.75, 3.05) is 0 Å². The van der Waals surface area contributed by atoms with E-state index in [9.17, 15) is 4.39 Å². The molecule has 0 N–H and O–H groups in total. The summed E-state index contributed by atoms with van der Waals surface area (Å²) in [5.41, 5.74) is 0.780. The van der Waals surface area contributed by atoms with Crippen molar-refractivity contribution in [2.24, 2.45) is 0 Å². The van der Waals surface area contributed by atoms with Crippen LogP contribution in [0.25, 0.3) is 0 Å². The van der Waals surface area contributed by atoms with Gasteiger partial charge in [-0.1, -0.05) is 12.2 Å². The summed E-state index contributed by atoms with van der Waals surface area (Å²) in [5, 5.41) is 0. The molecule has 0 aliphatic carbocycles. The van der Waals surface area contributed by atoms with Crippen LogP contribution in [0.4, 0.5) is 4.39 Å². The second-order valence-corrected chi connectivity index (χ2v) is 2.37. The summed E-state index contributed by atoms with van der Waals surface area (Å²) >= 11 is 0. The molecule has 2 heteroatoms. The Balaban J connectivity index is 2.29. The minimum Gasteiger partial charge on any atom is -0.362 e. The lowest BCUT2D eigenvalue weighted by molar-refractivity contribution is 0.127. The van der Waals surface area contributed by atoms with Gasteiger partial charge in [-0.2, -0.15) is 0 Å². The Morgan fingerprint density at radius 3 is 2.89 bits per heavy atom. The van der Waals surface area contributed by atoms with Gasteiger partial charge in [0.05, 0.1) is 12.4 Å². The first-order chi connectivity index (χ1) is 4.40. The molecule has 0 aromatic heterocycles. The van der Waals surface area contributed by atoms with E-state index in [0.29, 0.717) is 6.33 Å². The maximum Gasteiger partial charge on any atom is 0.100 e. The molecular weight excluding hydrogens is 119 g/mol. The fraction of sp³-hybridized carbons (Fsp3) is 0.429. The molecule has 2 aliphatic heterocycles. The number of ether oxygens (including phenoxy) is 1. The van der Waals surface area contributed by atoms with Crippen molar-refractivity contribution in [1.29, 1.82) is 0 Å². The molecular formula is C7H7FO. The highest BCUT2D eigenvalue weighted by molar-refractivity contribution is 5.27. The molecule has 9 heavy (non-hydrogen) atoms. The number of hydrogen-bond acceptors (Lipinski definition) is 1. The molecule has 1 fully saturated rings. The maximum absolute atomic E-state index is 11.9. The van der Waals surface area contributed by atoms with Gasteiger partial charge in [0, 0.05) is 6.42 Å². The zero-order valence-corrected chi connectivity index (χ0v) is 4.88. The lowest BCUT2D eigenvalue weighted by Gasteiger charge is -1.99. The van der Waals surface area contributed by atoms with Gasteiger partial charge in [-0.05, 0) is 5.57 Å². The SMILES string of the molecule is F/C=C1\CC2C=CC1O2. The van der Waals surface area contributed by atoms with Gasteiger partial charge >= 0.3 is 0 Å². The van der Waals surface area contributed by atoms with E-state index in [0.717, 1.165) is 12.0 Å². The molecule has 2 unspecified atom stereocenters. The highest BCUT2D eigenvalue weighted by Crippen LogP contribution is 2.32. The molecule has 48 valence electrons. The minimum absolute atomic E-state index is 0.0417. The summed E-state index contributed by atoms with van der Waals surface area (Å²) in [7, 11) is 0. The van der Waals surface area contributed by atoms with Crippen molar-refractivity contribution in [3.05, 3.63) is 24.1 Å². The number of halogens is 1. The zero-order valence-electron chi connectivity index (χ0n) is 4.88. The van der Waals surface area contributed by atoms with Crippen LogP contribution in [0.2, 0.25) is 0 Å². The highest BCUT2D eigenvalue weighted by Gasteiger charge is 2.31. The van der Waals surface area contributed by atoms with Gasteiger partial charge in [0.15, 0.2) is 0 Å². The fourth-order valence-corrected chi connectivity index (χ4v) is 1.29. The highest BCUT2D eigenvalue weighted by atomic mass is 19.1. The van der Waals surface area contributed by atoms with Crippen LogP contribution < -0.4 is 0 Å². The van der Waals surface area contributed by atoms with E-state index in [-0.39, 0.29) is 12.2 Å². The first-order valence-corrected chi connectivity index (χ1v) is 3.03. The molecule has 0 spiro atoms. The number of rotatable bonds is 0. The predicted molar refractivity (Wildman–Crippen MR) is 31.6 cm³/mol. The molecule has 2 heterocycles. The Bertz CT molecular complexity index is 183. The smallest absolute Gasteiger partial charge is 0.100 e. The van der Waals surface area contributed by atoms with Crippen molar-refractivity contribution >= 4 is 0 Å². The fourth-order valence-electron chi connectivity index (χ4n) is 1.29. The third-order valence-electron chi connectivity index (χ3n) is 1.76. The zero-order chi connectivity index (χ0) is 6.27. The first-order valence-electron chi connectivity index (χ1n) is 3.03. The number of fused-ring (bicyclic) bond motifs is 2. The van der Waals surface area contributed by atoms with E-state index < -0.39 is 0 Å². The number of hydrogen-bond donors (Lipinski definition) is 0. The summed E-state index contributed by atoms with van der Waals surface area (Å²) in [5.74, 6) is 0. The Morgan fingerprint density at radius 2 is 2.56 bits per heavy atom. The molecule has 2 bridgehead atoms. The topological polar surface area (TPSA) is 9.23 Å².